The number of carbonyl (C=O) groups is 1. The molecular formula is C39H46F2N6O4. The fourth-order valence-corrected chi connectivity index (χ4v) is 9.18. The van der Waals surface area contributed by atoms with Crippen LogP contribution in [-0.2, 0) is 11.2 Å². The second kappa shape index (κ2) is 12.8. The first-order valence-corrected chi connectivity index (χ1v) is 18.3. The van der Waals surface area contributed by atoms with E-state index in [1.54, 1.807) is 18.3 Å². The van der Waals surface area contributed by atoms with E-state index in [1.165, 1.54) is 6.07 Å². The van der Waals surface area contributed by atoms with Crippen LogP contribution in [0.15, 0.2) is 36.5 Å². The molecule has 2 bridgehead atoms. The predicted molar refractivity (Wildman–Crippen MR) is 191 cm³/mol. The number of hydrogen-bond acceptors (Lipinski definition) is 9. The number of pyridine rings is 1. The molecule has 0 unspecified atom stereocenters. The Morgan fingerprint density at radius 1 is 1.06 bits per heavy atom. The number of amides is 1. The molecule has 6 heterocycles. The van der Waals surface area contributed by atoms with Gasteiger partial charge in [0.1, 0.15) is 35.1 Å². The number of aryl methyl sites for hydroxylation is 1. The number of ether oxygens (including phenoxy) is 2. The fourth-order valence-electron chi connectivity index (χ4n) is 9.18. The summed E-state index contributed by atoms with van der Waals surface area (Å²) in [7, 11) is 0. The molecule has 2 aromatic heterocycles. The van der Waals surface area contributed by atoms with Crippen molar-refractivity contribution in [3.63, 3.8) is 0 Å². The number of aromatic nitrogens is 3. The Balaban J connectivity index is 1.21. The van der Waals surface area contributed by atoms with Gasteiger partial charge in [0.15, 0.2) is 5.82 Å². The Bertz CT molecular complexity index is 1990. The molecule has 12 heteroatoms. The van der Waals surface area contributed by atoms with Gasteiger partial charge in [-0.15, -0.1) is 0 Å². The number of aliphatic hydroxyl groups is 1. The van der Waals surface area contributed by atoms with Crippen molar-refractivity contribution in [2.24, 2.45) is 0 Å². The van der Waals surface area contributed by atoms with Crippen LogP contribution in [0.4, 0.5) is 19.4 Å². The first-order valence-electron chi connectivity index (χ1n) is 18.3. The van der Waals surface area contributed by atoms with E-state index < -0.39 is 11.4 Å². The summed E-state index contributed by atoms with van der Waals surface area (Å²) in [5.74, 6) is -0.459. The highest BCUT2D eigenvalue weighted by atomic mass is 19.1. The lowest BCUT2D eigenvalue weighted by atomic mass is 9.95. The quantitative estimate of drug-likeness (QED) is 0.227. The van der Waals surface area contributed by atoms with Gasteiger partial charge in [-0.1, -0.05) is 31.2 Å². The summed E-state index contributed by atoms with van der Waals surface area (Å²) < 4.78 is 44.3. The monoisotopic (exact) mass is 700 g/mol. The van der Waals surface area contributed by atoms with E-state index >= 15 is 8.78 Å². The molecule has 2 aromatic carbocycles. The molecule has 0 spiro atoms. The van der Waals surface area contributed by atoms with Gasteiger partial charge in [-0.3, -0.25) is 14.8 Å². The normalized spacial score (nSPS) is 24.9. The largest absolute Gasteiger partial charge is 0.461 e. The number of halogens is 2. The van der Waals surface area contributed by atoms with Gasteiger partial charge in [0.05, 0.1) is 29.6 Å². The fraction of sp³-hybridized carbons (Fsp3) is 0.538. The number of aliphatic hydroxyl groups excluding tert-OH is 1. The van der Waals surface area contributed by atoms with Crippen molar-refractivity contribution in [1.82, 2.24) is 24.8 Å². The molecule has 0 radical (unpaired) electrons. The van der Waals surface area contributed by atoms with E-state index in [2.05, 4.69) is 14.8 Å². The molecule has 4 saturated heterocycles. The Labute approximate surface area is 296 Å². The summed E-state index contributed by atoms with van der Waals surface area (Å²) in [4.78, 5) is 33.9. The average Bonchev–Trinajstić information content (AvgIpc) is 3.76. The third kappa shape index (κ3) is 5.84. The van der Waals surface area contributed by atoms with Crippen molar-refractivity contribution in [2.45, 2.75) is 102 Å². The summed E-state index contributed by atoms with van der Waals surface area (Å²) in [6.45, 7) is 9.80. The molecule has 0 saturated carbocycles. The van der Waals surface area contributed by atoms with Crippen LogP contribution in [0.25, 0.3) is 32.9 Å². The van der Waals surface area contributed by atoms with E-state index in [9.17, 15) is 9.90 Å². The number of fused-ring (bicyclic) bond motifs is 5. The van der Waals surface area contributed by atoms with Gasteiger partial charge in [0.2, 0.25) is 0 Å². The Kier molecular flexibility index (Phi) is 8.53. The standard InChI is InChI=1S/C39H46F2N6O4/c1-5-27-30(40)13-10-23-8-6-9-28(31(23)27)33-32(41)34-29(18-42-33)35(45-19-24-11-12-25(20-45)47(24)37(49)51-38(2,3)4)44-36(43-34)50-22-39-15-7-17-46(39)26(21-48)14-16-39/h6,8-10,13,18,24-26,48H,5,7,11-12,14-17,19-22H2,1-4H3/t24-,25+,26-,39-/m0/s1. The molecule has 270 valence electrons. The predicted octanol–water partition coefficient (Wildman–Crippen LogP) is 6.64. The van der Waals surface area contributed by atoms with Crippen molar-refractivity contribution < 1.29 is 28.2 Å². The van der Waals surface area contributed by atoms with Crippen molar-refractivity contribution in [3.05, 3.63) is 53.7 Å². The third-order valence-corrected chi connectivity index (χ3v) is 11.4. The van der Waals surface area contributed by atoms with E-state index in [0.717, 1.165) is 50.5 Å². The van der Waals surface area contributed by atoms with Crippen LogP contribution >= 0.6 is 0 Å². The summed E-state index contributed by atoms with van der Waals surface area (Å²) in [5, 5.41) is 11.9. The highest BCUT2D eigenvalue weighted by Crippen LogP contribution is 2.43. The van der Waals surface area contributed by atoms with E-state index in [0.29, 0.717) is 53.8 Å². The molecule has 0 aliphatic carbocycles. The second-order valence-corrected chi connectivity index (χ2v) is 15.7. The minimum atomic E-state index is -0.628. The lowest BCUT2D eigenvalue weighted by molar-refractivity contribution is 0.0122. The van der Waals surface area contributed by atoms with Gasteiger partial charge in [-0.2, -0.15) is 9.97 Å². The minimum absolute atomic E-state index is 0.0716. The number of hydrogen-bond donors (Lipinski definition) is 1. The highest BCUT2D eigenvalue weighted by Gasteiger charge is 2.50. The molecule has 10 nitrogen and oxygen atoms in total. The zero-order valence-electron chi connectivity index (χ0n) is 29.8. The van der Waals surface area contributed by atoms with Gasteiger partial charge >= 0.3 is 12.1 Å². The second-order valence-electron chi connectivity index (χ2n) is 15.7. The van der Waals surface area contributed by atoms with Crippen LogP contribution in [0.2, 0.25) is 0 Å². The van der Waals surface area contributed by atoms with Gasteiger partial charge in [0, 0.05) is 30.9 Å². The maximum Gasteiger partial charge on any atom is 0.410 e. The number of piperazine rings is 1. The van der Waals surface area contributed by atoms with Crippen molar-refractivity contribution >= 4 is 33.6 Å². The first kappa shape index (κ1) is 34.0. The smallest absolute Gasteiger partial charge is 0.410 e. The number of anilines is 1. The zero-order valence-corrected chi connectivity index (χ0v) is 29.8. The van der Waals surface area contributed by atoms with Crippen molar-refractivity contribution in [3.8, 4) is 17.3 Å². The SMILES string of the molecule is CCc1c(F)ccc2cccc(-c3ncc4c(N5C[C@H]6CC[C@@H](C5)N6C(=O)OC(C)(C)C)nc(OC[C@@]56CCCN5[C@H](CO)CC6)nc4c3F)c12. The van der Waals surface area contributed by atoms with Crippen molar-refractivity contribution in [2.75, 3.05) is 37.7 Å². The maximum atomic E-state index is 17.1. The molecule has 4 aromatic rings. The lowest BCUT2D eigenvalue weighted by Crippen LogP contribution is -2.57. The molecule has 1 amide bonds. The highest BCUT2D eigenvalue weighted by molar-refractivity contribution is 6.01. The van der Waals surface area contributed by atoms with E-state index in [4.69, 9.17) is 19.4 Å². The van der Waals surface area contributed by atoms with Gasteiger partial charge in [-0.05, 0) is 94.7 Å². The molecule has 1 N–H and O–H groups in total. The summed E-state index contributed by atoms with van der Waals surface area (Å²) in [5.41, 5.74) is 0.331. The van der Waals surface area contributed by atoms with Gasteiger partial charge < -0.3 is 19.5 Å². The summed E-state index contributed by atoms with van der Waals surface area (Å²) in [6.07, 6.45) is 7.13. The Morgan fingerprint density at radius 2 is 1.84 bits per heavy atom. The molecule has 4 aliphatic heterocycles. The van der Waals surface area contributed by atoms with Gasteiger partial charge in [-0.25, -0.2) is 13.6 Å². The molecular weight excluding hydrogens is 654 g/mol. The summed E-state index contributed by atoms with van der Waals surface area (Å²) in [6, 6.07) is 8.64. The van der Waals surface area contributed by atoms with E-state index in [-0.39, 0.29) is 59.4 Å². The molecule has 4 aliphatic rings. The first-order chi connectivity index (χ1) is 24.5. The van der Waals surface area contributed by atoms with Crippen LogP contribution in [0.5, 0.6) is 6.01 Å². The Hall–Kier alpha value is -4.16. The molecule has 4 atom stereocenters. The number of carbonyl (C=O) groups excluding carboxylic acids is 1. The average molecular weight is 701 g/mol. The van der Waals surface area contributed by atoms with Crippen LogP contribution in [0, 0.1) is 11.6 Å². The molecule has 8 rings (SSSR count). The minimum Gasteiger partial charge on any atom is -0.461 e. The molecule has 4 fully saturated rings. The topological polar surface area (TPSA) is 104 Å². The number of nitrogens with zero attached hydrogens (tertiary/aromatic N) is 6. The Morgan fingerprint density at radius 3 is 2.57 bits per heavy atom. The van der Waals surface area contributed by atoms with E-state index in [1.807, 2.05) is 44.7 Å². The number of benzene rings is 2. The van der Waals surface area contributed by atoms with Crippen LogP contribution < -0.4 is 9.64 Å². The summed E-state index contributed by atoms with van der Waals surface area (Å²) >= 11 is 0. The third-order valence-electron chi connectivity index (χ3n) is 11.4. The van der Waals surface area contributed by atoms with Crippen LogP contribution in [0.3, 0.4) is 0 Å². The molecule has 51 heavy (non-hydrogen) atoms. The zero-order chi connectivity index (χ0) is 35.7. The number of rotatable bonds is 7. The van der Waals surface area contributed by atoms with Crippen LogP contribution in [-0.4, -0.2) is 98.1 Å². The van der Waals surface area contributed by atoms with Crippen molar-refractivity contribution in [1.29, 1.82) is 0 Å². The lowest BCUT2D eigenvalue weighted by Gasteiger charge is -2.42. The van der Waals surface area contributed by atoms with Gasteiger partial charge in [0.25, 0.3) is 0 Å². The maximum absolute atomic E-state index is 17.1. The van der Waals surface area contributed by atoms with Crippen LogP contribution in [0.1, 0.15) is 71.8 Å².